The third kappa shape index (κ3) is 3.18. The number of rotatable bonds is 5. The van der Waals surface area contributed by atoms with Gasteiger partial charge >= 0.3 is 0 Å². The van der Waals surface area contributed by atoms with E-state index in [-0.39, 0.29) is 11.7 Å². The minimum atomic E-state index is -0.947. The van der Waals surface area contributed by atoms with Crippen molar-refractivity contribution in [2.75, 3.05) is 16.6 Å². The van der Waals surface area contributed by atoms with Crippen LogP contribution >= 0.6 is 0 Å². The van der Waals surface area contributed by atoms with Gasteiger partial charge in [-0.2, -0.15) is 0 Å². The molecule has 3 aromatic rings. The molecule has 0 radical (unpaired) electrons. The summed E-state index contributed by atoms with van der Waals surface area (Å²) in [7, 11) is 0. The topological polar surface area (TPSA) is 79.3 Å². The molecule has 162 valence electrons. The standard InChI is InChI=1S/C25H22N2O5/c1-2-31-20-15-16(13-14-19(20)28)22-21-23(32-27(22)18-11-7-4-8-12-18)25(30)26(24(21)29)17-9-5-3-6-10-17/h3-15,21-23,28H,2H2,1H3/t21-,22-,23+/m1/s1. The largest absolute Gasteiger partial charge is 0.504 e. The lowest BCUT2D eigenvalue weighted by Gasteiger charge is -2.29. The number of phenolic OH excluding ortho intramolecular Hbond substituents is 1. The lowest BCUT2D eigenvalue weighted by molar-refractivity contribution is -0.126. The highest BCUT2D eigenvalue weighted by atomic mass is 16.7. The monoisotopic (exact) mass is 430 g/mol. The first-order valence-corrected chi connectivity index (χ1v) is 10.5. The molecule has 3 aromatic carbocycles. The van der Waals surface area contributed by atoms with E-state index in [1.807, 2.05) is 43.3 Å². The number of hydrogen-bond donors (Lipinski definition) is 1. The van der Waals surface area contributed by atoms with Crippen molar-refractivity contribution in [1.82, 2.24) is 0 Å². The molecular weight excluding hydrogens is 408 g/mol. The molecular formula is C25H22N2O5. The van der Waals surface area contributed by atoms with Crippen molar-refractivity contribution >= 4 is 23.2 Å². The van der Waals surface area contributed by atoms with Gasteiger partial charge < -0.3 is 9.84 Å². The van der Waals surface area contributed by atoms with Gasteiger partial charge in [0.2, 0.25) is 5.91 Å². The second-order valence-electron chi connectivity index (χ2n) is 7.67. The maximum absolute atomic E-state index is 13.6. The van der Waals surface area contributed by atoms with Crippen molar-refractivity contribution in [2.45, 2.75) is 19.1 Å². The molecule has 32 heavy (non-hydrogen) atoms. The Kier molecular flexibility index (Phi) is 5.03. The Balaban J connectivity index is 1.60. The Labute approximate surface area is 185 Å². The average Bonchev–Trinajstić information content (AvgIpc) is 3.33. The first kappa shape index (κ1) is 20.1. The number of imide groups is 1. The number of anilines is 2. The summed E-state index contributed by atoms with van der Waals surface area (Å²) in [4.78, 5) is 34.1. The molecule has 7 heteroatoms. The first-order valence-electron chi connectivity index (χ1n) is 10.5. The fourth-order valence-corrected chi connectivity index (χ4v) is 4.37. The predicted octanol–water partition coefficient (Wildman–Crippen LogP) is 3.84. The predicted molar refractivity (Wildman–Crippen MR) is 118 cm³/mol. The molecule has 2 fully saturated rings. The molecule has 1 N–H and O–H groups in total. The lowest BCUT2D eigenvalue weighted by atomic mass is 9.90. The van der Waals surface area contributed by atoms with E-state index in [0.29, 0.717) is 23.6 Å². The zero-order valence-corrected chi connectivity index (χ0v) is 17.4. The van der Waals surface area contributed by atoms with Crippen molar-refractivity contribution in [2.24, 2.45) is 5.92 Å². The fraction of sp³-hybridized carbons (Fsp3) is 0.200. The number of para-hydroxylation sites is 2. The van der Waals surface area contributed by atoms with Crippen LogP contribution in [0.15, 0.2) is 78.9 Å². The summed E-state index contributed by atoms with van der Waals surface area (Å²) in [6, 6.07) is 22.6. The van der Waals surface area contributed by atoms with Crippen LogP contribution < -0.4 is 14.7 Å². The van der Waals surface area contributed by atoms with E-state index in [2.05, 4.69) is 0 Å². The van der Waals surface area contributed by atoms with Crippen LogP contribution in [-0.2, 0) is 14.4 Å². The van der Waals surface area contributed by atoms with Crippen LogP contribution in [0.1, 0.15) is 18.5 Å². The SMILES string of the molecule is CCOc1cc([C@@H]2[C@H]3C(=O)N(c4ccccc4)C(=O)[C@H]3ON2c2ccccc2)ccc1O. The van der Waals surface area contributed by atoms with Crippen LogP contribution in [-0.4, -0.2) is 29.6 Å². The second kappa shape index (κ2) is 8.01. The second-order valence-corrected chi connectivity index (χ2v) is 7.67. The van der Waals surface area contributed by atoms with Gasteiger partial charge in [-0.1, -0.05) is 42.5 Å². The summed E-state index contributed by atoms with van der Waals surface area (Å²) in [5, 5.41) is 11.8. The fourth-order valence-electron chi connectivity index (χ4n) is 4.37. The number of hydrogen-bond acceptors (Lipinski definition) is 6. The highest BCUT2D eigenvalue weighted by molar-refractivity contribution is 6.23. The number of carbonyl (C=O) groups is 2. The van der Waals surface area contributed by atoms with Crippen molar-refractivity contribution in [3.8, 4) is 11.5 Å². The molecule has 7 nitrogen and oxygen atoms in total. The summed E-state index contributed by atoms with van der Waals surface area (Å²) in [6.07, 6.45) is -0.947. The summed E-state index contributed by atoms with van der Waals surface area (Å²) in [5.41, 5.74) is 1.95. The smallest absolute Gasteiger partial charge is 0.266 e. The maximum atomic E-state index is 13.6. The summed E-state index contributed by atoms with van der Waals surface area (Å²) < 4.78 is 5.56. The zero-order valence-electron chi connectivity index (χ0n) is 17.4. The Morgan fingerprint density at radius 3 is 2.22 bits per heavy atom. The number of carbonyl (C=O) groups excluding carboxylic acids is 2. The van der Waals surface area contributed by atoms with E-state index >= 15 is 0 Å². The van der Waals surface area contributed by atoms with E-state index < -0.39 is 24.0 Å². The van der Waals surface area contributed by atoms with Gasteiger partial charge in [0.15, 0.2) is 17.6 Å². The van der Waals surface area contributed by atoms with Crippen molar-refractivity contribution in [3.63, 3.8) is 0 Å². The van der Waals surface area contributed by atoms with Gasteiger partial charge in [-0.15, -0.1) is 0 Å². The van der Waals surface area contributed by atoms with Crippen LogP contribution in [0, 0.1) is 5.92 Å². The van der Waals surface area contributed by atoms with Crippen LogP contribution in [0.3, 0.4) is 0 Å². The van der Waals surface area contributed by atoms with Crippen molar-refractivity contribution in [3.05, 3.63) is 84.4 Å². The number of amides is 2. The Bertz CT molecular complexity index is 1150. The third-order valence-electron chi connectivity index (χ3n) is 5.77. The molecule has 0 saturated carbocycles. The van der Waals surface area contributed by atoms with Gasteiger partial charge in [-0.25, -0.2) is 9.96 Å². The quantitative estimate of drug-likeness (QED) is 0.620. The van der Waals surface area contributed by atoms with E-state index in [1.165, 1.54) is 11.0 Å². The molecule has 5 rings (SSSR count). The van der Waals surface area contributed by atoms with Gasteiger partial charge in [0, 0.05) is 0 Å². The Hall–Kier alpha value is -3.84. The maximum Gasteiger partial charge on any atom is 0.266 e. The molecule has 0 unspecified atom stereocenters. The highest BCUT2D eigenvalue weighted by Crippen LogP contribution is 2.48. The molecule has 0 aromatic heterocycles. The van der Waals surface area contributed by atoms with Crippen LogP contribution in [0.25, 0.3) is 0 Å². The summed E-state index contributed by atoms with van der Waals surface area (Å²) in [6.45, 7) is 2.21. The zero-order chi connectivity index (χ0) is 22.2. The van der Waals surface area contributed by atoms with Gasteiger partial charge in [0.25, 0.3) is 5.91 Å². The van der Waals surface area contributed by atoms with E-state index in [0.717, 1.165) is 5.69 Å². The normalized spacial score (nSPS) is 22.3. The van der Waals surface area contributed by atoms with E-state index in [1.54, 1.807) is 41.5 Å². The van der Waals surface area contributed by atoms with Gasteiger partial charge in [0.05, 0.1) is 24.0 Å². The molecule has 2 amide bonds. The molecule has 3 atom stereocenters. The van der Waals surface area contributed by atoms with Gasteiger partial charge in [-0.3, -0.25) is 14.4 Å². The van der Waals surface area contributed by atoms with Gasteiger partial charge in [0.1, 0.15) is 5.92 Å². The number of benzene rings is 3. The number of fused-ring (bicyclic) bond motifs is 1. The van der Waals surface area contributed by atoms with E-state index in [4.69, 9.17) is 9.57 Å². The minimum absolute atomic E-state index is 0.0112. The van der Waals surface area contributed by atoms with Crippen LogP contribution in [0.2, 0.25) is 0 Å². The van der Waals surface area contributed by atoms with Crippen LogP contribution in [0.4, 0.5) is 11.4 Å². The number of phenols is 1. The molecule has 2 aliphatic rings. The summed E-state index contributed by atoms with van der Waals surface area (Å²) >= 11 is 0. The molecule has 0 aliphatic carbocycles. The van der Waals surface area contributed by atoms with E-state index in [9.17, 15) is 14.7 Å². The number of nitrogens with zero attached hydrogens (tertiary/aromatic N) is 2. The lowest BCUT2D eigenvalue weighted by Crippen LogP contribution is -2.37. The molecule has 2 saturated heterocycles. The molecule has 2 heterocycles. The molecule has 0 bridgehead atoms. The molecule has 2 aliphatic heterocycles. The third-order valence-corrected chi connectivity index (χ3v) is 5.77. The Morgan fingerprint density at radius 2 is 1.56 bits per heavy atom. The number of hydroxylamine groups is 1. The Morgan fingerprint density at radius 1 is 0.906 bits per heavy atom. The van der Waals surface area contributed by atoms with Crippen molar-refractivity contribution < 1.29 is 24.3 Å². The number of ether oxygens (including phenoxy) is 1. The van der Waals surface area contributed by atoms with Crippen molar-refractivity contribution in [1.29, 1.82) is 0 Å². The molecule has 0 spiro atoms. The first-order chi connectivity index (χ1) is 15.6. The van der Waals surface area contributed by atoms with Crippen LogP contribution in [0.5, 0.6) is 11.5 Å². The summed E-state index contributed by atoms with van der Waals surface area (Å²) in [5.74, 6) is -1.13. The number of aromatic hydroxyl groups is 1. The minimum Gasteiger partial charge on any atom is -0.504 e. The average molecular weight is 430 g/mol. The van der Waals surface area contributed by atoms with Gasteiger partial charge in [-0.05, 0) is 48.9 Å². The highest BCUT2D eigenvalue weighted by Gasteiger charge is 2.60.